The van der Waals surface area contributed by atoms with Gasteiger partial charge >= 0.3 is 0 Å². The molecule has 0 bridgehead atoms. The van der Waals surface area contributed by atoms with E-state index in [1.807, 2.05) is 30.3 Å². The zero-order chi connectivity index (χ0) is 21.6. The first-order chi connectivity index (χ1) is 15.1. The molecule has 1 unspecified atom stereocenters. The Kier molecular flexibility index (Phi) is 6.78. The summed E-state index contributed by atoms with van der Waals surface area (Å²) in [6, 6.07) is 21.4. The van der Waals surface area contributed by atoms with Crippen LogP contribution in [0.2, 0.25) is 0 Å². The minimum atomic E-state index is -0.480. The molecular weight excluding hydrogens is 386 g/mol. The van der Waals surface area contributed by atoms with Crippen molar-refractivity contribution in [2.45, 2.75) is 51.2 Å². The van der Waals surface area contributed by atoms with Crippen molar-refractivity contribution < 1.29 is 9.90 Å². The van der Waals surface area contributed by atoms with Crippen molar-refractivity contribution in [2.75, 3.05) is 0 Å². The number of benzene rings is 2. The Hall–Kier alpha value is -2.98. The van der Waals surface area contributed by atoms with E-state index in [1.54, 1.807) is 16.8 Å². The summed E-state index contributed by atoms with van der Waals surface area (Å²) in [7, 11) is 0. The van der Waals surface area contributed by atoms with Gasteiger partial charge in [0.15, 0.2) is 5.78 Å². The van der Waals surface area contributed by atoms with Crippen LogP contribution in [0.3, 0.4) is 0 Å². The van der Waals surface area contributed by atoms with Gasteiger partial charge < -0.3 is 9.67 Å². The molecule has 1 N–H and O–H groups in total. The Morgan fingerprint density at radius 3 is 2.32 bits per heavy atom. The molecule has 0 aliphatic heterocycles. The van der Waals surface area contributed by atoms with Crippen LogP contribution in [0.15, 0.2) is 77.7 Å². The molecule has 1 aliphatic carbocycles. The van der Waals surface area contributed by atoms with Crippen molar-refractivity contribution in [3.8, 4) is 0 Å². The molecule has 0 fully saturated rings. The second-order valence-electron chi connectivity index (χ2n) is 8.60. The Labute approximate surface area is 183 Å². The molecule has 1 heterocycles. The van der Waals surface area contributed by atoms with E-state index in [2.05, 4.69) is 24.3 Å². The highest BCUT2D eigenvalue weighted by Gasteiger charge is 2.21. The van der Waals surface area contributed by atoms with Gasteiger partial charge in [-0.25, -0.2) is 0 Å². The minimum absolute atomic E-state index is 0.0868. The van der Waals surface area contributed by atoms with Gasteiger partial charge in [0.2, 0.25) is 0 Å². The average molecular weight is 416 g/mol. The molecule has 0 radical (unpaired) electrons. The average Bonchev–Trinajstić information content (AvgIpc) is 3.21. The number of Topliss-reactive ketones (excluding diaryl/α,β-unsaturated/α-hetero) is 1. The van der Waals surface area contributed by atoms with Gasteiger partial charge in [0.25, 0.3) is 5.56 Å². The van der Waals surface area contributed by atoms with Gasteiger partial charge in [-0.15, -0.1) is 0 Å². The zero-order valence-corrected chi connectivity index (χ0v) is 17.7. The van der Waals surface area contributed by atoms with Crippen LogP contribution in [0.25, 0.3) is 0 Å². The maximum Gasteiger partial charge on any atom is 0.251 e. The van der Waals surface area contributed by atoms with E-state index in [-0.39, 0.29) is 17.8 Å². The van der Waals surface area contributed by atoms with Crippen LogP contribution in [-0.2, 0) is 19.4 Å². The van der Waals surface area contributed by atoms with Gasteiger partial charge in [-0.1, -0.05) is 54.6 Å². The highest BCUT2D eigenvalue weighted by atomic mass is 16.3. The molecule has 31 heavy (non-hydrogen) atoms. The van der Waals surface area contributed by atoms with Gasteiger partial charge in [0.1, 0.15) is 0 Å². The topological polar surface area (TPSA) is 59.3 Å². The number of hydrogen-bond donors (Lipinski definition) is 1. The largest absolute Gasteiger partial charge is 0.393 e. The quantitative estimate of drug-likeness (QED) is 0.527. The first-order valence-corrected chi connectivity index (χ1v) is 11.1. The molecule has 0 saturated carbocycles. The van der Waals surface area contributed by atoms with Crippen LogP contribution in [0.5, 0.6) is 0 Å². The monoisotopic (exact) mass is 415 g/mol. The third-order valence-corrected chi connectivity index (χ3v) is 6.26. The first kappa shape index (κ1) is 21.3. The number of pyridine rings is 1. The molecule has 0 spiro atoms. The summed E-state index contributed by atoms with van der Waals surface area (Å²) < 4.78 is 1.60. The fourth-order valence-corrected chi connectivity index (χ4v) is 4.46. The van der Waals surface area contributed by atoms with Gasteiger partial charge in [-0.3, -0.25) is 9.59 Å². The van der Waals surface area contributed by atoms with Gasteiger partial charge in [0.05, 0.1) is 12.6 Å². The summed E-state index contributed by atoms with van der Waals surface area (Å²) in [5, 5.41) is 10.4. The first-order valence-electron chi connectivity index (χ1n) is 11.1. The standard InChI is InChI=1S/C27H29NO3/c29-25(11-10-21-16-22-8-4-5-9-23(22)17-21)12-13-26(30)24-14-15-28(27(31)18-24)19-20-6-2-1-3-7-20/h1-9,14-15,18,21,25,29H,10-13,16-17,19H2. The maximum atomic E-state index is 12.5. The Morgan fingerprint density at radius 2 is 1.65 bits per heavy atom. The summed E-state index contributed by atoms with van der Waals surface area (Å²) in [5.41, 5.74) is 4.14. The van der Waals surface area contributed by atoms with E-state index in [0.29, 0.717) is 30.9 Å². The van der Waals surface area contributed by atoms with E-state index in [9.17, 15) is 14.7 Å². The summed E-state index contributed by atoms with van der Waals surface area (Å²) in [5.74, 6) is 0.497. The Morgan fingerprint density at radius 1 is 0.968 bits per heavy atom. The molecule has 160 valence electrons. The molecule has 4 rings (SSSR count). The number of carbonyl (C=O) groups excluding carboxylic acids is 1. The number of carbonyl (C=O) groups is 1. The second kappa shape index (κ2) is 9.88. The predicted octanol–water partition coefficient (Wildman–Crippen LogP) is 4.42. The number of ketones is 1. The highest BCUT2D eigenvalue weighted by molar-refractivity contribution is 5.95. The fourth-order valence-electron chi connectivity index (χ4n) is 4.46. The van der Waals surface area contributed by atoms with E-state index in [0.717, 1.165) is 24.8 Å². The smallest absolute Gasteiger partial charge is 0.251 e. The molecule has 1 aromatic heterocycles. The normalized spacial score (nSPS) is 14.4. The number of fused-ring (bicyclic) bond motifs is 1. The van der Waals surface area contributed by atoms with E-state index in [4.69, 9.17) is 0 Å². The van der Waals surface area contributed by atoms with Gasteiger partial charge in [-0.2, -0.15) is 0 Å². The number of rotatable bonds is 9. The number of hydrogen-bond acceptors (Lipinski definition) is 3. The lowest BCUT2D eigenvalue weighted by atomic mass is 9.95. The highest BCUT2D eigenvalue weighted by Crippen LogP contribution is 2.30. The minimum Gasteiger partial charge on any atom is -0.393 e. The lowest BCUT2D eigenvalue weighted by molar-refractivity contribution is 0.0927. The SMILES string of the molecule is O=C(CCC(O)CCC1Cc2ccccc2C1)c1ccn(Cc2ccccc2)c(=O)c1. The van der Waals surface area contributed by atoms with Crippen molar-refractivity contribution in [3.05, 3.63) is 106 Å². The summed E-state index contributed by atoms with van der Waals surface area (Å²) in [6.07, 6.45) is 5.74. The van der Waals surface area contributed by atoms with Crippen LogP contribution in [0.4, 0.5) is 0 Å². The Bertz CT molecular complexity index is 1060. The summed E-state index contributed by atoms with van der Waals surface area (Å²) in [4.78, 5) is 24.9. The van der Waals surface area contributed by atoms with Crippen molar-refractivity contribution in [1.29, 1.82) is 0 Å². The van der Waals surface area contributed by atoms with Gasteiger partial charge in [0, 0.05) is 24.2 Å². The molecule has 1 atom stereocenters. The molecule has 0 saturated heterocycles. The van der Waals surface area contributed by atoms with Crippen molar-refractivity contribution in [3.63, 3.8) is 0 Å². The van der Waals surface area contributed by atoms with Crippen LogP contribution in [0.1, 0.15) is 52.7 Å². The fraction of sp³-hybridized carbons (Fsp3) is 0.333. The number of nitrogens with zero attached hydrogens (tertiary/aromatic N) is 1. The molecule has 1 aliphatic rings. The number of aromatic nitrogens is 1. The van der Waals surface area contributed by atoms with Crippen LogP contribution in [0, 0.1) is 5.92 Å². The lowest BCUT2D eigenvalue weighted by Gasteiger charge is -2.14. The second-order valence-corrected chi connectivity index (χ2v) is 8.60. The molecule has 4 heteroatoms. The zero-order valence-electron chi connectivity index (χ0n) is 17.7. The van der Waals surface area contributed by atoms with Crippen molar-refractivity contribution in [2.24, 2.45) is 5.92 Å². The Balaban J connectivity index is 1.24. The van der Waals surface area contributed by atoms with E-state index >= 15 is 0 Å². The molecule has 3 aromatic rings. The van der Waals surface area contributed by atoms with Crippen LogP contribution < -0.4 is 5.56 Å². The molecular formula is C27H29NO3. The van der Waals surface area contributed by atoms with E-state index in [1.165, 1.54) is 17.2 Å². The lowest BCUT2D eigenvalue weighted by Crippen LogP contribution is -2.21. The van der Waals surface area contributed by atoms with Crippen molar-refractivity contribution >= 4 is 5.78 Å². The molecule has 4 nitrogen and oxygen atoms in total. The van der Waals surface area contributed by atoms with E-state index < -0.39 is 6.10 Å². The molecule has 0 amide bonds. The maximum absolute atomic E-state index is 12.5. The number of aliphatic hydroxyl groups is 1. The third-order valence-electron chi connectivity index (χ3n) is 6.26. The third kappa shape index (κ3) is 5.59. The van der Waals surface area contributed by atoms with Crippen LogP contribution in [-0.4, -0.2) is 21.6 Å². The summed E-state index contributed by atoms with van der Waals surface area (Å²) in [6.45, 7) is 0.484. The predicted molar refractivity (Wildman–Crippen MR) is 122 cm³/mol. The van der Waals surface area contributed by atoms with Crippen LogP contribution >= 0.6 is 0 Å². The number of aliphatic hydroxyl groups excluding tert-OH is 1. The van der Waals surface area contributed by atoms with Crippen molar-refractivity contribution in [1.82, 2.24) is 4.57 Å². The molecule has 2 aromatic carbocycles. The van der Waals surface area contributed by atoms with Gasteiger partial charge in [-0.05, 0) is 60.8 Å². The summed E-state index contributed by atoms with van der Waals surface area (Å²) >= 11 is 0.